The summed E-state index contributed by atoms with van der Waals surface area (Å²) in [6, 6.07) is 9.25. The third-order valence-electron chi connectivity index (χ3n) is 3.89. The number of carboxylic acid groups (broad SMARTS) is 1. The zero-order chi connectivity index (χ0) is 20.2. The van der Waals surface area contributed by atoms with Gasteiger partial charge >= 0.3 is 5.97 Å². The molecule has 0 aliphatic rings. The maximum atomic E-state index is 13.9. The largest absolute Gasteiger partial charge is 0.480 e. The molecule has 8 heteroatoms. The van der Waals surface area contributed by atoms with E-state index in [1.165, 1.54) is 19.9 Å². The minimum absolute atomic E-state index is 0.147. The van der Waals surface area contributed by atoms with Gasteiger partial charge in [0.1, 0.15) is 22.5 Å². The Kier molecular flexibility index (Phi) is 6.56. The first kappa shape index (κ1) is 20.9. The second-order valence-corrected chi connectivity index (χ2v) is 7.56. The maximum Gasteiger partial charge on any atom is 0.316 e. The van der Waals surface area contributed by atoms with E-state index in [-0.39, 0.29) is 17.7 Å². The molecule has 0 saturated carbocycles. The van der Waals surface area contributed by atoms with Gasteiger partial charge in [0.25, 0.3) is 5.91 Å². The number of hydrogen-bond donors (Lipinski definition) is 3. The first-order valence-corrected chi connectivity index (χ1v) is 8.94. The predicted molar refractivity (Wildman–Crippen MR) is 97.7 cm³/mol. The highest BCUT2D eigenvalue weighted by Crippen LogP contribution is 2.28. The van der Waals surface area contributed by atoms with Gasteiger partial charge in [0, 0.05) is 16.5 Å². The first-order chi connectivity index (χ1) is 12.6. The van der Waals surface area contributed by atoms with Crippen LogP contribution in [0.15, 0.2) is 47.4 Å². The molecule has 5 nitrogen and oxygen atoms in total. The molecule has 0 aromatic heterocycles. The van der Waals surface area contributed by atoms with E-state index in [1.807, 2.05) is 0 Å². The molecule has 0 aliphatic heterocycles. The number of halogens is 2. The zero-order valence-electron chi connectivity index (χ0n) is 14.7. The molecule has 0 heterocycles. The second kappa shape index (κ2) is 8.49. The molecular weight excluding hydrogens is 376 g/mol. The summed E-state index contributed by atoms with van der Waals surface area (Å²) >= 11 is 1.02. The predicted octanol–water partition coefficient (Wildman–Crippen LogP) is 3.17. The van der Waals surface area contributed by atoms with Gasteiger partial charge in [-0.25, -0.2) is 8.78 Å². The summed E-state index contributed by atoms with van der Waals surface area (Å²) in [6.07, 6.45) is 0. The molecule has 2 atom stereocenters. The zero-order valence-corrected chi connectivity index (χ0v) is 15.5. The topological polar surface area (TPSA) is 86.6 Å². The van der Waals surface area contributed by atoms with Crippen LogP contribution in [0.4, 0.5) is 8.78 Å². The Morgan fingerprint density at radius 2 is 1.89 bits per heavy atom. The number of benzene rings is 2. The molecule has 0 aliphatic carbocycles. The molecule has 3 N–H and O–H groups in total. The molecule has 0 radical (unpaired) electrons. The van der Waals surface area contributed by atoms with E-state index in [4.69, 9.17) is 5.11 Å². The number of carboxylic acids is 1. The Balaban J connectivity index is 2.14. The fourth-order valence-electron chi connectivity index (χ4n) is 2.37. The van der Waals surface area contributed by atoms with Gasteiger partial charge in [0.2, 0.25) is 0 Å². The van der Waals surface area contributed by atoms with E-state index in [0.717, 1.165) is 23.9 Å². The van der Waals surface area contributed by atoms with Crippen LogP contribution in [0.1, 0.15) is 29.8 Å². The van der Waals surface area contributed by atoms with Crippen molar-refractivity contribution in [3.63, 3.8) is 0 Å². The third kappa shape index (κ3) is 5.27. The highest BCUT2D eigenvalue weighted by atomic mass is 32.2. The van der Waals surface area contributed by atoms with Crippen LogP contribution in [-0.4, -0.2) is 33.9 Å². The van der Waals surface area contributed by atoms with Gasteiger partial charge in [-0.2, -0.15) is 0 Å². The number of carbonyl (C=O) groups excluding carboxylic acids is 1. The van der Waals surface area contributed by atoms with E-state index < -0.39 is 34.4 Å². The Labute approximate surface area is 159 Å². The highest BCUT2D eigenvalue weighted by molar-refractivity contribution is 8.00. The molecule has 27 heavy (non-hydrogen) atoms. The van der Waals surface area contributed by atoms with E-state index in [1.54, 1.807) is 18.2 Å². The normalized spacial score (nSPS) is 14.3. The minimum atomic E-state index is -1.76. The lowest BCUT2D eigenvalue weighted by molar-refractivity contribution is -0.136. The van der Waals surface area contributed by atoms with Crippen molar-refractivity contribution >= 4 is 23.6 Å². The van der Waals surface area contributed by atoms with Crippen molar-refractivity contribution in [1.82, 2.24) is 5.32 Å². The number of aliphatic hydroxyl groups is 1. The summed E-state index contributed by atoms with van der Waals surface area (Å²) < 4.78 is 26.9. The van der Waals surface area contributed by atoms with Crippen molar-refractivity contribution in [2.45, 2.75) is 29.6 Å². The van der Waals surface area contributed by atoms with Crippen LogP contribution in [0.5, 0.6) is 0 Å². The second-order valence-electron chi connectivity index (χ2n) is 6.18. The van der Waals surface area contributed by atoms with Crippen LogP contribution in [0.3, 0.4) is 0 Å². The van der Waals surface area contributed by atoms with E-state index in [2.05, 4.69) is 5.32 Å². The fraction of sp³-hybridized carbons (Fsp3) is 0.263. The summed E-state index contributed by atoms with van der Waals surface area (Å²) in [5, 5.41) is 21.3. The maximum absolute atomic E-state index is 13.9. The number of thioether (sulfide) groups is 1. The lowest BCUT2D eigenvalue weighted by Gasteiger charge is -2.25. The van der Waals surface area contributed by atoms with Crippen molar-refractivity contribution < 1.29 is 28.6 Å². The van der Waals surface area contributed by atoms with Crippen molar-refractivity contribution in [2.75, 3.05) is 6.54 Å². The highest BCUT2D eigenvalue weighted by Gasteiger charge is 2.28. The first-order valence-electron chi connectivity index (χ1n) is 8.06. The van der Waals surface area contributed by atoms with E-state index >= 15 is 0 Å². The monoisotopic (exact) mass is 395 g/mol. The minimum Gasteiger partial charge on any atom is -0.480 e. The summed E-state index contributed by atoms with van der Waals surface area (Å²) in [6.45, 7) is 2.49. The Bertz CT molecular complexity index is 857. The lowest BCUT2D eigenvalue weighted by atomic mass is 9.95. The van der Waals surface area contributed by atoms with Gasteiger partial charge < -0.3 is 15.5 Å². The quantitative estimate of drug-likeness (QED) is 0.627. The summed E-state index contributed by atoms with van der Waals surface area (Å²) in [4.78, 5) is 24.0. The molecular formula is C19H19F2NO4S. The molecule has 0 saturated heterocycles. The molecule has 0 fully saturated rings. The van der Waals surface area contributed by atoms with Crippen molar-refractivity contribution in [2.24, 2.45) is 0 Å². The van der Waals surface area contributed by atoms with Gasteiger partial charge in [0.05, 0.1) is 12.1 Å². The van der Waals surface area contributed by atoms with Crippen molar-refractivity contribution in [3.05, 3.63) is 65.2 Å². The summed E-state index contributed by atoms with van der Waals surface area (Å²) in [5.41, 5.74) is -1.67. The van der Waals surface area contributed by atoms with Gasteiger partial charge in [-0.15, -0.1) is 11.8 Å². The average Bonchev–Trinajstić information content (AvgIpc) is 2.59. The fourth-order valence-corrected chi connectivity index (χ4v) is 3.29. The molecule has 2 aromatic rings. The smallest absolute Gasteiger partial charge is 0.316 e. The number of amides is 1. The molecule has 0 spiro atoms. The Morgan fingerprint density at radius 1 is 1.22 bits per heavy atom. The average molecular weight is 395 g/mol. The molecule has 144 valence electrons. The van der Waals surface area contributed by atoms with Crippen LogP contribution in [0, 0.1) is 11.6 Å². The number of nitrogens with one attached hydrogen (secondary N) is 1. The van der Waals surface area contributed by atoms with Gasteiger partial charge in [-0.05, 0) is 32.0 Å². The number of aliphatic carboxylic acids is 1. The molecule has 2 rings (SSSR count). The van der Waals surface area contributed by atoms with E-state index in [9.17, 15) is 23.5 Å². The molecule has 0 bridgehead atoms. The van der Waals surface area contributed by atoms with Crippen molar-refractivity contribution in [3.8, 4) is 0 Å². The van der Waals surface area contributed by atoms with Gasteiger partial charge in [-0.3, -0.25) is 9.59 Å². The summed E-state index contributed by atoms with van der Waals surface area (Å²) in [5.74, 6) is -3.24. The Hall–Kier alpha value is -2.45. The molecule has 2 unspecified atom stereocenters. The van der Waals surface area contributed by atoms with Crippen LogP contribution in [0.2, 0.25) is 0 Å². The van der Waals surface area contributed by atoms with Gasteiger partial charge in [0.15, 0.2) is 0 Å². The number of hydrogen-bond acceptors (Lipinski definition) is 4. The van der Waals surface area contributed by atoms with Crippen LogP contribution < -0.4 is 5.32 Å². The summed E-state index contributed by atoms with van der Waals surface area (Å²) in [7, 11) is 0. The van der Waals surface area contributed by atoms with Crippen LogP contribution >= 0.6 is 11.8 Å². The van der Waals surface area contributed by atoms with E-state index in [0.29, 0.717) is 11.0 Å². The number of rotatable bonds is 7. The van der Waals surface area contributed by atoms with Crippen LogP contribution in [0.25, 0.3) is 0 Å². The lowest BCUT2D eigenvalue weighted by Crippen LogP contribution is -2.39. The van der Waals surface area contributed by atoms with Gasteiger partial charge in [-0.1, -0.05) is 18.2 Å². The molecule has 1 amide bonds. The van der Waals surface area contributed by atoms with Crippen LogP contribution in [-0.2, 0) is 10.4 Å². The third-order valence-corrected chi connectivity index (χ3v) is 5.05. The SMILES string of the molecule is CC(Sc1ccccc1C(=O)NCC(C)(O)c1ccc(F)cc1F)C(=O)O. The van der Waals surface area contributed by atoms with Crippen molar-refractivity contribution in [1.29, 1.82) is 0 Å². The molecule has 2 aromatic carbocycles. The number of carbonyl (C=O) groups is 2. The standard InChI is InChI=1S/C19H19F2NO4S/c1-11(18(24)25)27-16-6-4-3-5-13(16)17(23)22-10-19(2,26)14-8-7-12(20)9-15(14)21/h3-9,11,26H,10H2,1-2H3,(H,22,23)(H,24,25). The Morgan fingerprint density at radius 3 is 2.52 bits per heavy atom.